The van der Waals surface area contributed by atoms with Gasteiger partial charge in [0.15, 0.2) is 0 Å². The van der Waals surface area contributed by atoms with E-state index in [2.05, 4.69) is 6.92 Å². The molecule has 0 amide bonds. The van der Waals surface area contributed by atoms with Crippen molar-refractivity contribution in [1.29, 1.82) is 0 Å². The normalized spacial score (nSPS) is 11.0. The Bertz CT molecular complexity index is 140. The van der Waals surface area contributed by atoms with Crippen LogP contribution < -0.4 is 0 Å². The van der Waals surface area contributed by atoms with E-state index in [1.165, 1.54) is 12.8 Å². The van der Waals surface area contributed by atoms with Gasteiger partial charge in [-0.3, -0.25) is 0 Å². The number of rotatable bonds is 16. The molecular weight excluding hydrogens is 239 g/mol. The minimum atomic E-state index is 0.714. The van der Waals surface area contributed by atoms with E-state index in [0.717, 1.165) is 71.7 Å². The molecule has 0 aliphatic carbocycles. The molecule has 112 valence electrons. The molecule has 0 aliphatic rings. The molecule has 0 aromatic carbocycles. The summed E-state index contributed by atoms with van der Waals surface area (Å²) in [6.07, 6.45) is 8.40. The van der Waals surface area contributed by atoms with Gasteiger partial charge in [0.05, 0.1) is 7.85 Å². The Labute approximate surface area is 120 Å². The molecule has 0 atom stereocenters. The van der Waals surface area contributed by atoms with Crippen LogP contribution in [0.4, 0.5) is 0 Å². The van der Waals surface area contributed by atoms with Gasteiger partial charge in [0.25, 0.3) is 0 Å². The maximum absolute atomic E-state index is 5.56. The fourth-order valence-electron chi connectivity index (χ4n) is 1.55. The molecule has 2 radical (unpaired) electrons. The van der Waals surface area contributed by atoms with Gasteiger partial charge in [0.1, 0.15) is 0 Å². The van der Waals surface area contributed by atoms with E-state index in [1.54, 1.807) is 0 Å². The first-order valence-electron chi connectivity index (χ1n) is 7.85. The van der Waals surface area contributed by atoms with E-state index in [9.17, 15) is 0 Å². The molecular formula is C15H31BO3. The Kier molecular flexibility index (Phi) is 17.9. The molecule has 0 spiro atoms. The van der Waals surface area contributed by atoms with Crippen LogP contribution in [0.5, 0.6) is 0 Å². The van der Waals surface area contributed by atoms with E-state index >= 15 is 0 Å². The van der Waals surface area contributed by atoms with Crippen molar-refractivity contribution in [3.8, 4) is 0 Å². The van der Waals surface area contributed by atoms with Crippen molar-refractivity contribution in [2.45, 2.75) is 58.2 Å². The summed E-state index contributed by atoms with van der Waals surface area (Å²) in [6.45, 7) is 7.27. The number of hydrogen-bond donors (Lipinski definition) is 0. The van der Waals surface area contributed by atoms with E-state index < -0.39 is 0 Å². The Morgan fingerprint density at radius 2 is 0.947 bits per heavy atom. The second-order valence-electron chi connectivity index (χ2n) is 4.75. The van der Waals surface area contributed by atoms with Crippen molar-refractivity contribution in [3.05, 3.63) is 0 Å². The zero-order valence-electron chi connectivity index (χ0n) is 12.7. The average molecular weight is 270 g/mol. The molecule has 3 nitrogen and oxygen atoms in total. The highest BCUT2D eigenvalue weighted by molar-refractivity contribution is 6.08. The van der Waals surface area contributed by atoms with Crippen LogP contribution in [0.2, 0.25) is 6.32 Å². The van der Waals surface area contributed by atoms with Crippen molar-refractivity contribution < 1.29 is 14.2 Å². The van der Waals surface area contributed by atoms with Crippen molar-refractivity contribution in [1.82, 2.24) is 0 Å². The molecule has 0 aliphatic heterocycles. The van der Waals surface area contributed by atoms with Gasteiger partial charge in [-0.1, -0.05) is 19.7 Å². The topological polar surface area (TPSA) is 27.7 Å². The van der Waals surface area contributed by atoms with Crippen LogP contribution in [0.15, 0.2) is 0 Å². The third-order valence-electron chi connectivity index (χ3n) is 2.79. The monoisotopic (exact) mass is 270 g/mol. The van der Waals surface area contributed by atoms with E-state index in [0.29, 0.717) is 6.32 Å². The van der Waals surface area contributed by atoms with Crippen LogP contribution in [-0.4, -0.2) is 47.5 Å². The van der Waals surface area contributed by atoms with Gasteiger partial charge < -0.3 is 14.2 Å². The summed E-state index contributed by atoms with van der Waals surface area (Å²) in [6, 6.07) is 0. The Morgan fingerprint density at radius 3 is 1.32 bits per heavy atom. The Morgan fingerprint density at radius 1 is 0.579 bits per heavy atom. The second-order valence-corrected chi connectivity index (χ2v) is 4.75. The third kappa shape index (κ3) is 17.9. The quantitative estimate of drug-likeness (QED) is 0.318. The molecule has 0 fully saturated rings. The van der Waals surface area contributed by atoms with Gasteiger partial charge >= 0.3 is 0 Å². The maximum Gasteiger partial charge on any atom is 0.0654 e. The molecule has 4 heteroatoms. The Balaban J connectivity index is 2.88. The molecule has 0 bridgehead atoms. The number of unbranched alkanes of at least 4 members (excludes halogenated alkanes) is 3. The largest absolute Gasteiger partial charge is 0.381 e. The first-order valence-corrected chi connectivity index (χ1v) is 7.85. The molecule has 0 saturated heterocycles. The summed E-state index contributed by atoms with van der Waals surface area (Å²) >= 11 is 0. The van der Waals surface area contributed by atoms with Crippen LogP contribution in [0.3, 0.4) is 0 Å². The predicted molar refractivity (Wildman–Crippen MR) is 81.0 cm³/mol. The van der Waals surface area contributed by atoms with Crippen molar-refractivity contribution in [2.75, 3.05) is 39.6 Å². The number of ether oxygens (including phenoxy) is 3. The van der Waals surface area contributed by atoms with E-state index in [-0.39, 0.29) is 0 Å². The second kappa shape index (κ2) is 17.9. The van der Waals surface area contributed by atoms with Crippen molar-refractivity contribution >= 4 is 7.85 Å². The van der Waals surface area contributed by atoms with Crippen LogP contribution in [0.1, 0.15) is 51.9 Å². The maximum atomic E-state index is 5.56. The lowest BCUT2D eigenvalue weighted by Gasteiger charge is -2.06. The van der Waals surface area contributed by atoms with Crippen LogP contribution in [-0.2, 0) is 14.2 Å². The molecule has 0 saturated carbocycles. The predicted octanol–water partition coefficient (Wildman–Crippen LogP) is 3.37. The number of hydrogen-bond acceptors (Lipinski definition) is 3. The van der Waals surface area contributed by atoms with Gasteiger partial charge in [-0.05, 0) is 38.5 Å². The Hall–Kier alpha value is -0.0551. The smallest absolute Gasteiger partial charge is 0.0654 e. The highest BCUT2D eigenvalue weighted by Crippen LogP contribution is 1.97. The zero-order chi connectivity index (χ0) is 14.0. The highest BCUT2D eigenvalue weighted by Gasteiger charge is 1.93. The zero-order valence-corrected chi connectivity index (χ0v) is 12.7. The molecule has 0 aromatic rings. The SMILES string of the molecule is [B]CCCOCCCCOCCCCOCCCC. The van der Waals surface area contributed by atoms with Crippen molar-refractivity contribution in [3.63, 3.8) is 0 Å². The van der Waals surface area contributed by atoms with Gasteiger partial charge in [-0.2, -0.15) is 0 Å². The fourth-order valence-corrected chi connectivity index (χ4v) is 1.55. The van der Waals surface area contributed by atoms with Gasteiger partial charge in [0, 0.05) is 39.6 Å². The lowest BCUT2D eigenvalue weighted by molar-refractivity contribution is 0.0902. The highest BCUT2D eigenvalue weighted by atomic mass is 16.5. The van der Waals surface area contributed by atoms with E-state index in [1.807, 2.05) is 0 Å². The van der Waals surface area contributed by atoms with Gasteiger partial charge in [0.2, 0.25) is 0 Å². The minimum Gasteiger partial charge on any atom is -0.381 e. The molecule has 19 heavy (non-hydrogen) atoms. The standard InChI is InChI=1S/C15H31BO3/c1-2-3-10-17-11-4-5-12-18-13-6-7-14-19-15-8-9-16/h2-15H2,1H3. The summed E-state index contributed by atoms with van der Waals surface area (Å²) in [4.78, 5) is 0. The molecule has 0 aromatic heterocycles. The van der Waals surface area contributed by atoms with Crippen molar-refractivity contribution in [2.24, 2.45) is 0 Å². The lowest BCUT2D eigenvalue weighted by Crippen LogP contribution is -2.02. The summed E-state index contributed by atoms with van der Waals surface area (Å²) in [5.41, 5.74) is 0. The summed E-state index contributed by atoms with van der Waals surface area (Å²) in [7, 11) is 5.37. The lowest BCUT2D eigenvalue weighted by atomic mass is 10.0. The van der Waals surface area contributed by atoms with Crippen LogP contribution in [0, 0.1) is 0 Å². The molecule has 0 N–H and O–H groups in total. The molecule has 0 rings (SSSR count). The summed E-state index contributed by atoms with van der Waals surface area (Å²) in [5, 5.41) is 0. The summed E-state index contributed by atoms with van der Waals surface area (Å²) in [5.74, 6) is 0. The molecule has 0 heterocycles. The first kappa shape index (κ1) is 18.9. The van der Waals surface area contributed by atoms with E-state index in [4.69, 9.17) is 22.1 Å². The van der Waals surface area contributed by atoms with Gasteiger partial charge in [-0.15, -0.1) is 0 Å². The van der Waals surface area contributed by atoms with Crippen LogP contribution in [0.25, 0.3) is 0 Å². The third-order valence-corrected chi connectivity index (χ3v) is 2.79. The van der Waals surface area contributed by atoms with Crippen LogP contribution >= 0.6 is 0 Å². The summed E-state index contributed by atoms with van der Waals surface area (Å²) < 4.78 is 16.5. The fraction of sp³-hybridized carbons (Fsp3) is 1.00. The van der Waals surface area contributed by atoms with Gasteiger partial charge in [-0.25, -0.2) is 0 Å². The first-order chi connectivity index (χ1) is 9.41. The minimum absolute atomic E-state index is 0.714. The molecule has 0 unspecified atom stereocenters. The average Bonchev–Trinajstić information content (AvgIpc) is 2.43.